The zero-order valence-corrected chi connectivity index (χ0v) is 19.3. The number of hydrogen-bond donors (Lipinski definition) is 0. The first kappa shape index (κ1) is 23.7. The summed E-state index contributed by atoms with van der Waals surface area (Å²) in [5.74, 6) is 0.783. The Morgan fingerprint density at radius 3 is 2.51 bits per heavy atom. The summed E-state index contributed by atoms with van der Waals surface area (Å²) in [7, 11) is 1.59. The third kappa shape index (κ3) is 6.11. The largest absolute Gasteiger partial charge is 0.497 e. The monoisotopic (exact) mass is 471 g/mol. The summed E-state index contributed by atoms with van der Waals surface area (Å²) in [6.07, 6.45) is 1.94. The maximum absolute atomic E-state index is 13.2. The minimum atomic E-state index is -0.538. The van der Waals surface area contributed by atoms with Crippen LogP contribution in [0.15, 0.2) is 88.8 Å². The van der Waals surface area contributed by atoms with Crippen molar-refractivity contribution in [2.24, 2.45) is 5.16 Å². The van der Waals surface area contributed by atoms with Gasteiger partial charge in [-0.25, -0.2) is 9.78 Å². The zero-order chi connectivity index (χ0) is 24.5. The number of aromatic nitrogens is 2. The van der Waals surface area contributed by atoms with Crippen LogP contribution < -0.4 is 10.3 Å². The van der Waals surface area contributed by atoms with E-state index in [1.807, 2.05) is 60.7 Å². The molecule has 1 aromatic heterocycles. The second-order valence-corrected chi connectivity index (χ2v) is 7.63. The van der Waals surface area contributed by atoms with E-state index >= 15 is 0 Å². The summed E-state index contributed by atoms with van der Waals surface area (Å²) in [5.41, 5.74) is 2.17. The summed E-state index contributed by atoms with van der Waals surface area (Å²) in [5, 5.41) is 4.33. The van der Waals surface area contributed by atoms with E-state index in [4.69, 9.17) is 19.3 Å². The standard InChI is InChI=1S/C27H25N3O5/c1-33-22-14-12-20(13-15-22)18-28-35-19-25(31)34-17-7-16-30-26(21-8-3-2-4-9-21)29-24-11-6-5-10-23(24)27(30)32/h2-6,8-15,18H,7,16-17,19H2,1H3. The van der Waals surface area contributed by atoms with Gasteiger partial charge in [-0.1, -0.05) is 47.6 Å². The number of esters is 1. The van der Waals surface area contributed by atoms with Crippen molar-refractivity contribution < 1.29 is 19.1 Å². The molecule has 3 aromatic carbocycles. The predicted octanol–water partition coefficient (Wildman–Crippen LogP) is 4.06. The first-order valence-electron chi connectivity index (χ1n) is 11.2. The Kier molecular flexibility index (Phi) is 7.85. The van der Waals surface area contributed by atoms with Crippen LogP contribution in [0.5, 0.6) is 5.75 Å². The Bertz CT molecular complexity index is 1370. The summed E-state index contributed by atoms with van der Waals surface area (Å²) < 4.78 is 12.0. The van der Waals surface area contributed by atoms with Gasteiger partial charge in [-0.05, 0) is 48.4 Å². The summed E-state index contributed by atoms with van der Waals surface area (Å²) in [6, 6.07) is 24.0. The smallest absolute Gasteiger partial charge is 0.347 e. The molecule has 1 heterocycles. The molecule has 8 nitrogen and oxygen atoms in total. The van der Waals surface area contributed by atoms with Crippen molar-refractivity contribution in [3.8, 4) is 17.1 Å². The quantitative estimate of drug-likeness (QED) is 0.150. The number of hydrogen-bond acceptors (Lipinski definition) is 7. The number of benzene rings is 3. The van der Waals surface area contributed by atoms with E-state index in [1.54, 1.807) is 29.9 Å². The number of oxime groups is 1. The maximum Gasteiger partial charge on any atom is 0.347 e. The third-order valence-electron chi connectivity index (χ3n) is 5.26. The topological polar surface area (TPSA) is 92.0 Å². The second kappa shape index (κ2) is 11.6. The molecule has 0 bridgehead atoms. The molecule has 4 rings (SSSR count). The van der Waals surface area contributed by atoms with Gasteiger partial charge in [0.05, 0.1) is 30.8 Å². The number of carbonyl (C=O) groups is 1. The molecule has 178 valence electrons. The summed E-state index contributed by atoms with van der Waals surface area (Å²) in [4.78, 5) is 34.8. The van der Waals surface area contributed by atoms with Gasteiger partial charge in [-0.3, -0.25) is 9.36 Å². The van der Waals surface area contributed by atoms with Gasteiger partial charge in [0.25, 0.3) is 5.56 Å². The van der Waals surface area contributed by atoms with Crippen LogP contribution in [-0.4, -0.2) is 42.1 Å². The Morgan fingerprint density at radius 1 is 1.00 bits per heavy atom. The van der Waals surface area contributed by atoms with E-state index in [9.17, 15) is 9.59 Å². The first-order valence-corrected chi connectivity index (χ1v) is 11.2. The first-order chi connectivity index (χ1) is 17.2. The predicted molar refractivity (Wildman–Crippen MR) is 134 cm³/mol. The number of rotatable bonds is 10. The van der Waals surface area contributed by atoms with Crippen LogP contribution >= 0.6 is 0 Å². The minimum absolute atomic E-state index is 0.128. The minimum Gasteiger partial charge on any atom is -0.497 e. The molecule has 4 aromatic rings. The molecule has 0 unspecified atom stereocenters. The zero-order valence-electron chi connectivity index (χ0n) is 19.3. The highest BCUT2D eigenvalue weighted by Gasteiger charge is 2.13. The van der Waals surface area contributed by atoms with Crippen LogP contribution in [0.25, 0.3) is 22.3 Å². The molecule has 0 N–H and O–H groups in total. The molecule has 0 aliphatic heterocycles. The van der Waals surface area contributed by atoms with Gasteiger partial charge in [0.1, 0.15) is 11.6 Å². The van der Waals surface area contributed by atoms with E-state index in [2.05, 4.69) is 5.16 Å². The molecule has 0 saturated carbocycles. The average molecular weight is 472 g/mol. The lowest BCUT2D eigenvalue weighted by Crippen LogP contribution is -2.24. The van der Waals surface area contributed by atoms with Crippen molar-refractivity contribution in [1.82, 2.24) is 9.55 Å². The normalized spacial score (nSPS) is 11.0. The van der Waals surface area contributed by atoms with Crippen LogP contribution in [-0.2, 0) is 20.9 Å². The Morgan fingerprint density at radius 2 is 1.74 bits per heavy atom. The maximum atomic E-state index is 13.2. The number of carbonyl (C=O) groups excluding carboxylic acids is 1. The fraction of sp³-hybridized carbons (Fsp3) is 0.185. The second-order valence-electron chi connectivity index (χ2n) is 7.63. The van der Waals surface area contributed by atoms with Crippen molar-refractivity contribution in [1.29, 1.82) is 0 Å². The molecule has 0 aliphatic carbocycles. The van der Waals surface area contributed by atoms with E-state index in [0.717, 1.165) is 16.9 Å². The molecule has 0 atom stereocenters. The molecule has 0 saturated heterocycles. The van der Waals surface area contributed by atoms with Crippen LogP contribution in [0.3, 0.4) is 0 Å². The lowest BCUT2D eigenvalue weighted by Gasteiger charge is -2.14. The molecule has 0 amide bonds. The van der Waals surface area contributed by atoms with Crippen LogP contribution in [0.4, 0.5) is 0 Å². The van der Waals surface area contributed by atoms with E-state index in [-0.39, 0.29) is 18.8 Å². The fourth-order valence-electron chi connectivity index (χ4n) is 3.51. The molecular formula is C27H25N3O5. The molecule has 8 heteroatoms. The van der Waals surface area contributed by atoms with Gasteiger partial charge in [0.15, 0.2) is 0 Å². The number of methoxy groups -OCH3 is 1. The van der Waals surface area contributed by atoms with Crippen LogP contribution in [0, 0.1) is 0 Å². The Balaban J connectivity index is 1.32. The number of nitrogens with zero attached hydrogens (tertiary/aromatic N) is 3. The van der Waals surface area contributed by atoms with Gasteiger partial charge in [-0.2, -0.15) is 0 Å². The van der Waals surface area contributed by atoms with Gasteiger partial charge >= 0.3 is 5.97 Å². The SMILES string of the molecule is COc1ccc(C=NOCC(=O)OCCCn2c(-c3ccccc3)nc3ccccc3c2=O)cc1. The van der Waals surface area contributed by atoms with E-state index in [0.29, 0.717) is 29.7 Å². The van der Waals surface area contributed by atoms with Gasteiger partial charge in [0.2, 0.25) is 6.61 Å². The summed E-state index contributed by atoms with van der Waals surface area (Å²) in [6.45, 7) is 0.182. The number of para-hydroxylation sites is 1. The third-order valence-corrected chi connectivity index (χ3v) is 5.26. The number of fused-ring (bicyclic) bond motifs is 1. The highest BCUT2D eigenvalue weighted by Crippen LogP contribution is 2.19. The average Bonchev–Trinajstić information content (AvgIpc) is 2.91. The van der Waals surface area contributed by atoms with Crippen LogP contribution in [0.1, 0.15) is 12.0 Å². The van der Waals surface area contributed by atoms with E-state index < -0.39 is 5.97 Å². The highest BCUT2D eigenvalue weighted by atomic mass is 16.6. The van der Waals surface area contributed by atoms with Gasteiger partial charge < -0.3 is 14.3 Å². The molecule has 0 spiro atoms. The van der Waals surface area contributed by atoms with Crippen molar-refractivity contribution in [3.05, 3.63) is 94.8 Å². The van der Waals surface area contributed by atoms with Crippen LogP contribution in [0.2, 0.25) is 0 Å². The Labute approximate surface area is 202 Å². The van der Waals surface area contributed by atoms with Crippen molar-refractivity contribution in [2.75, 3.05) is 20.3 Å². The molecule has 35 heavy (non-hydrogen) atoms. The fourth-order valence-corrected chi connectivity index (χ4v) is 3.51. The van der Waals surface area contributed by atoms with Gasteiger partial charge in [-0.15, -0.1) is 0 Å². The molecular weight excluding hydrogens is 446 g/mol. The Hall–Kier alpha value is -4.46. The van der Waals surface area contributed by atoms with Gasteiger partial charge in [0, 0.05) is 12.1 Å². The summed E-state index contributed by atoms with van der Waals surface area (Å²) >= 11 is 0. The van der Waals surface area contributed by atoms with E-state index in [1.165, 1.54) is 6.21 Å². The molecule has 0 fully saturated rings. The molecule has 0 radical (unpaired) electrons. The lowest BCUT2D eigenvalue weighted by molar-refractivity contribution is -0.149. The molecule has 0 aliphatic rings. The highest BCUT2D eigenvalue weighted by molar-refractivity contribution is 5.80. The number of ether oxygens (including phenoxy) is 2. The van der Waals surface area contributed by atoms with Crippen molar-refractivity contribution in [2.45, 2.75) is 13.0 Å². The lowest BCUT2D eigenvalue weighted by atomic mass is 10.1. The van der Waals surface area contributed by atoms with Crippen molar-refractivity contribution >= 4 is 23.1 Å². The van der Waals surface area contributed by atoms with Crippen molar-refractivity contribution in [3.63, 3.8) is 0 Å².